The Morgan fingerprint density at radius 3 is 2.62 bits per heavy atom. The lowest BCUT2D eigenvalue weighted by Gasteiger charge is -1.82. The van der Waals surface area contributed by atoms with E-state index in [-0.39, 0.29) is 0 Å². The normalized spacial score (nSPS) is 16.9. The van der Waals surface area contributed by atoms with E-state index < -0.39 is 0 Å². The van der Waals surface area contributed by atoms with Gasteiger partial charge in [-0.3, -0.25) is 0 Å². The van der Waals surface area contributed by atoms with Crippen LogP contribution in [-0.2, 0) is 0 Å². The van der Waals surface area contributed by atoms with Crippen LogP contribution in [0, 0.1) is 0 Å². The van der Waals surface area contributed by atoms with E-state index in [0.717, 1.165) is 0 Å². The van der Waals surface area contributed by atoms with Gasteiger partial charge in [0.25, 0.3) is 0 Å². The van der Waals surface area contributed by atoms with Crippen molar-refractivity contribution >= 4 is 12.6 Å². The van der Waals surface area contributed by atoms with Gasteiger partial charge in [-0.1, -0.05) is 0 Å². The molecule has 0 unspecified atom stereocenters. The first-order valence-corrected chi connectivity index (χ1v) is 2.40. The summed E-state index contributed by atoms with van der Waals surface area (Å²) in [6.45, 7) is 1.83. The predicted octanol–water partition coefficient (Wildman–Crippen LogP) is 0.807. The lowest BCUT2D eigenvalue weighted by molar-refractivity contribution is 0.937. The molecule has 0 N–H and O–H groups in total. The van der Waals surface area contributed by atoms with Crippen molar-refractivity contribution in [3.63, 3.8) is 0 Å². The summed E-state index contributed by atoms with van der Waals surface area (Å²) in [6.07, 6.45) is 7.07. The van der Waals surface area contributed by atoms with Crippen molar-refractivity contribution in [1.82, 2.24) is 4.90 Å². The van der Waals surface area contributed by atoms with Crippen LogP contribution >= 0.6 is 0 Å². The van der Waals surface area contributed by atoms with Gasteiger partial charge >= 0.3 is 0 Å². The van der Waals surface area contributed by atoms with Crippen molar-refractivity contribution in [2.75, 3.05) is 0 Å². The molecule has 0 aliphatic carbocycles. The van der Waals surface area contributed by atoms with Gasteiger partial charge in [0.1, 0.15) is 6.34 Å². The molecule has 0 aromatic rings. The highest BCUT2D eigenvalue weighted by atomic mass is 15.3. The maximum Gasteiger partial charge on any atom is 0.122 e. The second-order valence-corrected chi connectivity index (χ2v) is 1.35. The predicted molar refractivity (Wildman–Crippen MR) is 33.6 cm³/mol. The molecule has 1 heterocycles. The lowest BCUT2D eigenvalue weighted by Crippen LogP contribution is -1.86. The van der Waals surface area contributed by atoms with Gasteiger partial charge in [-0.25, -0.2) is 0 Å². The van der Waals surface area contributed by atoms with Crippen LogP contribution in [0.15, 0.2) is 22.6 Å². The first kappa shape index (κ1) is 5.03. The third kappa shape index (κ3) is 1.55. The molecular weight excluding hydrogens is 102 g/mol. The van der Waals surface area contributed by atoms with Crippen LogP contribution in [0.2, 0.25) is 0 Å². The first-order chi connectivity index (χ1) is 3.93. The molecule has 1 rings (SSSR count). The van der Waals surface area contributed by atoms with Crippen LogP contribution < -0.4 is 0 Å². The largest absolute Gasteiger partial charge is 0.310 e. The van der Waals surface area contributed by atoms with Crippen molar-refractivity contribution in [2.45, 2.75) is 6.92 Å². The number of nitrogens with zero attached hydrogens (tertiary/aromatic N) is 3. The maximum absolute atomic E-state index is 3.66. The zero-order valence-electron chi connectivity index (χ0n) is 4.65. The topological polar surface area (TPSA) is 27.7 Å². The summed E-state index contributed by atoms with van der Waals surface area (Å²) in [6, 6.07) is 0. The molecule has 0 aromatic carbocycles. The minimum Gasteiger partial charge on any atom is -0.310 e. The van der Waals surface area contributed by atoms with Crippen molar-refractivity contribution in [1.29, 1.82) is 0 Å². The Kier molecular flexibility index (Phi) is 1.42. The fraction of sp³-hybridized carbons (Fsp3) is 0.200. The van der Waals surface area contributed by atoms with E-state index in [4.69, 9.17) is 0 Å². The molecule has 1 aliphatic heterocycles. The maximum atomic E-state index is 3.66. The molecule has 3 nitrogen and oxygen atoms in total. The quantitative estimate of drug-likeness (QED) is 0.293. The van der Waals surface area contributed by atoms with Gasteiger partial charge in [-0.2, -0.15) is 5.10 Å². The second kappa shape index (κ2) is 2.26. The van der Waals surface area contributed by atoms with Crippen molar-refractivity contribution in [3.8, 4) is 0 Å². The van der Waals surface area contributed by atoms with Gasteiger partial charge in [0.05, 0.1) is 0 Å². The molecule has 0 radical (unpaired) electrons. The molecule has 3 heteroatoms. The summed E-state index contributed by atoms with van der Waals surface area (Å²) < 4.78 is 0. The molecule has 0 saturated carbocycles. The average Bonchev–Trinajstić information content (AvgIpc) is 2.51. The molecule has 0 amide bonds. The van der Waals surface area contributed by atoms with Gasteiger partial charge in [0.15, 0.2) is 0 Å². The van der Waals surface area contributed by atoms with Crippen LogP contribution in [0.4, 0.5) is 0 Å². The van der Waals surface area contributed by atoms with E-state index in [1.54, 1.807) is 12.6 Å². The third-order valence-electron chi connectivity index (χ3n) is 0.688. The van der Waals surface area contributed by atoms with Gasteiger partial charge in [0.2, 0.25) is 0 Å². The van der Waals surface area contributed by atoms with E-state index in [1.165, 1.54) is 0 Å². The molecular formula is C5H7N3. The summed E-state index contributed by atoms with van der Waals surface area (Å²) in [7, 11) is 0. The highest BCUT2D eigenvalue weighted by Gasteiger charge is 1.97. The monoisotopic (exact) mass is 109 g/mol. The molecule has 0 bridgehead atoms. The van der Waals surface area contributed by atoms with Crippen molar-refractivity contribution in [3.05, 3.63) is 12.4 Å². The van der Waals surface area contributed by atoms with Crippen LogP contribution in [0.3, 0.4) is 0 Å². The minimum atomic E-state index is 1.64. The number of rotatable bonds is 2. The van der Waals surface area contributed by atoms with E-state index >= 15 is 0 Å². The number of hydrogen-bond donors (Lipinski definition) is 0. The van der Waals surface area contributed by atoms with E-state index in [1.807, 2.05) is 24.2 Å². The Morgan fingerprint density at radius 2 is 2.12 bits per heavy atom. The summed E-state index contributed by atoms with van der Waals surface area (Å²) in [5, 5.41) is 7.27. The highest BCUT2D eigenvalue weighted by molar-refractivity contribution is 5.63. The van der Waals surface area contributed by atoms with Crippen molar-refractivity contribution in [2.24, 2.45) is 10.2 Å². The summed E-state index contributed by atoms with van der Waals surface area (Å²) in [5.41, 5.74) is 0. The second-order valence-electron chi connectivity index (χ2n) is 1.35. The Hall–Kier alpha value is -1.12. The zero-order valence-corrected chi connectivity index (χ0v) is 4.65. The zero-order chi connectivity index (χ0) is 5.82. The summed E-state index contributed by atoms with van der Waals surface area (Å²) in [4.78, 5) is 1.83. The molecule has 8 heavy (non-hydrogen) atoms. The Balaban J connectivity index is 2.14. The Labute approximate surface area is 48.0 Å². The molecule has 0 spiro atoms. The smallest absolute Gasteiger partial charge is 0.122 e. The Morgan fingerprint density at radius 1 is 1.38 bits per heavy atom. The fourth-order valence-electron chi connectivity index (χ4n) is 0.272. The standard InChI is InChI=1S/C5H7N3/c1-2-6-7-5-8-3-4-8/h2-5H,1H3/b6-2-,7-5-. The SMILES string of the molecule is C/C=N\N=C/N1C=C1. The van der Waals surface area contributed by atoms with Gasteiger partial charge in [-0.15, -0.1) is 5.10 Å². The molecule has 0 saturated heterocycles. The van der Waals surface area contributed by atoms with Gasteiger partial charge in [-0.05, 0) is 6.92 Å². The lowest BCUT2D eigenvalue weighted by atomic mass is 10.9. The van der Waals surface area contributed by atoms with Crippen LogP contribution in [0.1, 0.15) is 6.92 Å². The molecule has 42 valence electrons. The molecule has 0 fully saturated rings. The van der Waals surface area contributed by atoms with E-state index in [9.17, 15) is 0 Å². The summed E-state index contributed by atoms with van der Waals surface area (Å²) in [5.74, 6) is 0. The van der Waals surface area contributed by atoms with Crippen molar-refractivity contribution < 1.29 is 0 Å². The van der Waals surface area contributed by atoms with Crippen LogP contribution in [0.25, 0.3) is 0 Å². The average molecular weight is 109 g/mol. The van der Waals surface area contributed by atoms with E-state index in [0.29, 0.717) is 0 Å². The highest BCUT2D eigenvalue weighted by Crippen LogP contribution is 2.00. The fourth-order valence-corrected chi connectivity index (χ4v) is 0.272. The molecule has 1 aliphatic rings. The molecule has 0 aromatic heterocycles. The number of hydrogen-bond acceptors (Lipinski definition) is 2. The summed E-state index contributed by atoms with van der Waals surface area (Å²) >= 11 is 0. The van der Waals surface area contributed by atoms with Gasteiger partial charge in [0, 0.05) is 18.6 Å². The Bertz CT molecular complexity index is 140. The van der Waals surface area contributed by atoms with Crippen LogP contribution in [-0.4, -0.2) is 17.5 Å². The van der Waals surface area contributed by atoms with E-state index in [2.05, 4.69) is 10.2 Å². The van der Waals surface area contributed by atoms with Crippen LogP contribution in [0.5, 0.6) is 0 Å². The van der Waals surface area contributed by atoms with Gasteiger partial charge < -0.3 is 4.90 Å². The molecule has 0 atom stereocenters. The first-order valence-electron chi connectivity index (χ1n) is 2.40. The minimum absolute atomic E-state index is 1.64. The third-order valence-corrected chi connectivity index (χ3v) is 0.688.